The lowest BCUT2D eigenvalue weighted by atomic mass is 9.98. The molecule has 27 heavy (non-hydrogen) atoms. The van der Waals surface area contributed by atoms with Crippen LogP contribution in [0.1, 0.15) is 47.0 Å². The number of aromatic nitrogens is 3. The van der Waals surface area contributed by atoms with Gasteiger partial charge in [-0.1, -0.05) is 55.9 Å². The molecule has 0 aliphatic carbocycles. The minimum atomic E-state index is 0.208. The van der Waals surface area contributed by atoms with Gasteiger partial charge in [0.25, 0.3) is 0 Å². The molecule has 2 aromatic rings. The lowest BCUT2D eigenvalue weighted by Crippen LogP contribution is -2.48. The standard InChI is InChI=1S/C21H30N4OS/c1-15(2)13-24-20(18-11-6-5-7-12-18)22-23-21(24)27-14-19(26)25-16(3)9-8-10-17(25)4/h5-7,11-12,15-17H,8-10,13-14H2,1-4H3/t16-,17-/m1/s1. The molecule has 146 valence electrons. The van der Waals surface area contributed by atoms with Crippen molar-refractivity contribution in [1.82, 2.24) is 19.7 Å². The van der Waals surface area contributed by atoms with Crippen LogP contribution in [0.25, 0.3) is 11.4 Å². The number of hydrogen-bond donors (Lipinski definition) is 0. The third-order valence-electron chi connectivity index (χ3n) is 5.10. The molecule has 1 aliphatic rings. The smallest absolute Gasteiger partial charge is 0.233 e. The minimum Gasteiger partial charge on any atom is -0.337 e. The van der Waals surface area contributed by atoms with Crippen LogP contribution in [0.5, 0.6) is 0 Å². The summed E-state index contributed by atoms with van der Waals surface area (Å²) in [5.41, 5.74) is 1.06. The third kappa shape index (κ3) is 4.72. The molecule has 1 amide bonds. The largest absolute Gasteiger partial charge is 0.337 e. The fraction of sp³-hybridized carbons (Fsp3) is 0.571. The van der Waals surface area contributed by atoms with Crippen LogP contribution in [0.15, 0.2) is 35.5 Å². The fourth-order valence-electron chi connectivity index (χ4n) is 3.84. The van der Waals surface area contributed by atoms with Gasteiger partial charge < -0.3 is 9.47 Å². The van der Waals surface area contributed by atoms with Crippen LogP contribution in [0, 0.1) is 5.92 Å². The quantitative estimate of drug-likeness (QED) is 0.687. The van der Waals surface area contributed by atoms with Crippen molar-refractivity contribution in [2.45, 2.75) is 70.7 Å². The van der Waals surface area contributed by atoms with E-state index in [0.717, 1.165) is 35.9 Å². The number of carbonyl (C=O) groups is 1. The fourth-order valence-corrected chi connectivity index (χ4v) is 4.66. The third-order valence-corrected chi connectivity index (χ3v) is 6.05. The molecule has 0 unspecified atom stereocenters. The number of thioether (sulfide) groups is 1. The molecular weight excluding hydrogens is 356 g/mol. The van der Waals surface area contributed by atoms with Crippen molar-refractivity contribution >= 4 is 17.7 Å². The van der Waals surface area contributed by atoms with Crippen molar-refractivity contribution in [2.75, 3.05) is 5.75 Å². The highest BCUT2D eigenvalue weighted by atomic mass is 32.2. The molecule has 1 aromatic heterocycles. The van der Waals surface area contributed by atoms with Crippen LogP contribution >= 0.6 is 11.8 Å². The van der Waals surface area contributed by atoms with Crippen molar-refractivity contribution in [1.29, 1.82) is 0 Å². The van der Waals surface area contributed by atoms with Gasteiger partial charge in [-0.25, -0.2) is 0 Å². The zero-order valence-electron chi connectivity index (χ0n) is 16.8. The summed E-state index contributed by atoms with van der Waals surface area (Å²) in [5.74, 6) is 1.97. The zero-order valence-corrected chi connectivity index (χ0v) is 17.6. The van der Waals surface area contributed by atoms with Gasteiger partial charge in [0.1, 0.15) is 0 Å². The number of nitrogens with zero attached hydrogens (tertiary/aromatic N) is 4. The number of carbonyl (C=O) groups excluding carboxylic acids is 1. The Kier molecular flexibility index (Phi) is 6.58. The minimum absolute atomic E-state index is 0.208. The van der Waals surface area contributed by atoms with Crippen molar-refractivity contribution < 1.29 is 4.79 Å². The maximum absolute atomic E-state index is 12.9. The molecule has 1 aliphatic heterocycles. The second-order valence-electron chi connectivity index (χ2n) is 7.90. The van der Waals surface area contributed by atoms with E-state index < -0.39 is 0 Å². The van der Waals surface area contributed by atoms with E-state index in [-0.39, 0.29) is 5.91 Å². The van der Waals surface area contributed by atoms with Gasteiger partial charge in [-0.3, -0.25) is 4.79 Å². The first-order valence-electron chi connectivity index (χ1n) is 9.90. The molecular formula is C21H30N4OS. The molecule has 0 bridgehead atoms. The van der Waals surface area contributed by atoms with Gasteiger partial charge in [0.15, 0.2) is 11.0 Å². The number of piperidine rings is 1. The van der Waals surface area contributed by atoms with E-state index >= 15 is 0 Å². The lowest BCUT2D eigenvalue weighted by Gasteiger charge is -2.39. The lowest BCUT2D eigenvalue weighted by molar-refractivity contribution is -0.134. The van der Waals surface area contributed by atoms with Gasteiger partial charge >= 0.3 is 0 Å². The average molecular weight is 387 g/mol. The number of benzene rings is 1. The Hall–Kier alpha value is -1.82. The number of likely N-dealkylation sites (tertiary alicyclic amines) is 1. The molecule has 2 heterocycles. The highest BCUT2D eigenvalue weighted by Gasteiger charge is 2.29. The molecule has 0 spiro atoms. The Bertz CT molecular complexity index is 749. The number of amides is 1. The van der Waals surface area contributed by atoms with Crippen LogP contribution in [0.2, 0.25) is 0 Å². The van der Waals surface area contributed by atoms with E-state index in [4.69, 9.17) is 0 Å². The van der Waals surface area contributed by atoms with Crippen molar-refractivity contribution in [3.05, 3.63) is 30.3 Å². The first-order valence-corrected chi connectivity index (χ1v) is 10.9. The van der Waals surface area contributed by atoms with Gasteiger partial charge in [-0.05, 0) is 39.0 Å². The van der Waals surface area contributed by atoms with E-state index in [0.29, 0.717) is 23.8 Å². The monoisotopic (exact) mass is 386 g/mol. The summed E-state index contributed by atoms with van der Waals surface area (Å²) in [4.78, 5) is 14.9. The Morgan fingerprint density at radius 2 is 1.81 bits per heavy atom. The summed E-state index contributed by atoms with van der Waals surface area (Å²) >= 11 is 1.51. The topological polar surface area (TPSA) is 51.0 Å². The van der Waals surface area contributed by atoms with E-state index in [2.05, 4.69) is 59.5 Å². The predicted octanol–water partition coefficient (Wildman–Crippen LogP) is 4.48. The Balaban J connectivity index is 1.76. The summed E-state index contributed by atoms with van der Waals surface area (Å²) in [6.07, 6.45) is 3.41. The molecule has 5 nitrogen and oxygen atoms in total. The second-order valence-corrected chi connectivity index (χ2v) is 8.84. The Morgan fingerprint density at radius 3 is 2.44 bits per heavy atom. The van der Waals surface area contributed by atoms with Gasteiger partial charge in [-0.15, -0.1) is 10.2 Å². The van der Waals surface area contributed by atoms with Gasteiger partial charge in [0.2, 0.25) is 5.91 Å². The molecule has 6 heteroatoms. The highest BCUT2D eigenvalue weighted by Crippen LogP contribution is 2.27. The van der Waals surface area contributed by atoms with Crippen LogP contribution in [0.3, 0.4) is 0 Å². The first-order chi connectivity index (χ1) is 13.0. The van der Waals surface area contributed by atoms with E-state index in [1.807, 2.05) is 18.2 Å². The molecule has 2 atom stereocenters. The summed E-state index contributed by atoms with van der Waals surface area (Å²) < 4.78 is 2.15. The van der Waals surface area contributed by atoms with Crippen LogP contribution in [-0.4, -0.2) is 43.4 Å². The van der Waals surface area contributed by atoms with E-state index in [9.17, 15) is 4.79 Å². The maximum Gasteiger partial charge on any atom is 0.233 e. The molecule has 1 aromatic carbocycles. The van der Waals surface area contributed by atoms with Crippen molar-refractivity contribution in [3.63, 3.8) is 0 Å². The summed E-state index contributed by atoms with van der Waals surface area (Å²) in [7, 11) is 0. The Morgan fingerprint density at radius 1 is 1.15 bits per heavy atom. The SMILES string of the molecule is CC(C)Cn1c(SCC(=O)N2[C@H](C)CCC[C@H]2C)nnc1-c1ccccc1. The van der Waals surface area contributed by atoms with Crippen molar-refractivity contribution in [2.24, 2.45) is 5.92 Å². The molecule has 0 radical (unpaired) electrons. The average Bonchev–Trinajstić information content (AvgIpc) is 3.02. The summed E-state index contributed by atoms with van der Waals surface area (Å²) in [6.45, 7) is 9.53. The van der Waals surface area contributed by atoms with E-state index in [1.165, 1.54) is 18.2 Å². The van der Waals surface area contributed by atoms with Gasteiger partial charge in [0, 0.05) is 24.2 Å². The molecule has 0 saturated carbocycles. The Labute approximate surface area is 166 Å². The summed E-state index contributed by atoms with van der Waals surface area (Å²) in [5, 5.41) is 9.66. The van der Waals surface area contributed by atoms with Gasteiger partial charge in [-0.2, -0.15) is 0 Å². The first kappa shape index (κ1) is 19.9. The van der Waals surface area contributed by atoms with Crippen LogP contribution < -0.4 is 0 Å². The van der Waals surface area contributed by atoms with Crippen molar-refractivity contribution in [3.8, 4) is 11.4 Å². The highest BCUT2D eigenvalue weighted by molar-refractivity contribution is 7.99. The van der Waals surface area contributed by atoms with Crippen LogP contribution in [0.4, 0.5) is 0 Å². The summed E-state index contributed by atoms with van der Waals surface area (Å²) in [6, 6.07) is 10.8. The zero-order chi connectivity index (χ0) is 19.4. The molecule has 1 fully saturated rings. The molecule has 3 rings (SSSR count). The number of hydrogen-bond acceptors (Lipinski definition) is 4. The molecule has 0 N–H and O–H groups in total. The van der Waals surface area contributed by atoms with Gasteiger partial charge in [0.05, 0.1) is 5.75 Å². The molecule has 1 saturated heterocycles. The predicted molar refractivity (Wildman–Crippen MR) is 111 cm³/mol. The number of rotatable bonds is 6. The van der Waals surface area contributed by atoms with Crippen LogP contribution in [-0.2, 0) is 11.3 Å². The normalized spacial score (nSPS) is 20.3. The maximum atomic E-state index is 12.9. The van der Waals surface area contributed by atoms with E-state index in [1.54, 1.807) is 0 Å². The second kappa shape index (κ2) is 8.91.